The summed E-state index contributed by atoms with van der Waals surface area (Å²) in [5.74, 6) is 0. The lowest BCUT2D eigenvalue weighted by Gasteiger charge is -2.48. The molecule has 388 valence electrons. The maximum atomic E-state index is 2.76. The van der Waals surface area contributed by atoms with Crippen LogP contribution in [0, 0.1) is 13.8 Å². The van der Waals surface area contributed by atoms with Crippen LogP contribution in [0.3, 0.4) is 0 Å². The van der Waals surface area contributed by atoms with Gasteiger partial charge in [0.1, 0.15) is 0 Å². The van der Waals surface area contributed by atoms with E-state index >= 15 is 0 Å². The molecule has 0 atom stereocenters. The Kier molecular flexibility index (Phi) is 10.9. The van der Waals surface area contributed by atoms with E-state index in [1.807, 2.05) is 0 Å². The Hall–Kier alpha value is -6.78. The van der Waals surface area contributed by atoms with E-state index in [9.17, 15) is 0 Å². The van der Waals surface area contributed by atoms with Gasteiger partial charge in [-0.3, -0.25) is 0 Å². The first-order valence-corrected chi connectivity index (χ1v) is 28.8. The third-order valence-electron chi connectivity index (χ3n) is 19.8. The van der Waals surface area contributed by atoms with Gasteiger partial charge >= 0.3 is 0 Å². The molecule has 0 unspecified atom stereocenters. The number of aryl methyl sites for hydroxylation is 1. The molecule has 4 heteroatoms. The van der Waals surface area contributed by atoms with Crippen molar-refractivity contribution in [1.29, 1.82) is 0 Å². The van der Waals surface area contributed by atoms with E-state index in [1.54, 1.807) is 0 Å². The van der Waals surface area contributed by atoms with Crippen LogP contribution in [0.4, 0.5) is 51.2 Å². The van der Waals surface area contributed by atoms with Gasteiger partial charge in [-0.05, 0) is 211 Å². The summed E-state index contributed by atoms with van der Waals surface area (Å²) in [6.07, 6.45) is 5.76. The van der Waals surface area contributed by atoms with E-state index in [0.29, 0.717) is 0 Å². The Balaban J connectivity index is 1.21. The fraction of sp³-hybridized carbons (Fsp3) is 0.342. The minimum absolute atomic E-state index is 0.00634. The van der Waals surface area contributed by atoms with Gasteiger partial charge in [-0.15, -0.1) is 0 Å². The Morgan fingerprint density at radius 2 is 0.844 bits per heavy atom. The highest BCUT2D eigenvalue weighted by atomic mass is 15.2. The summed E-state index contributed by atoms with van der Waals surface area (Å²) < 4.78 is 0. The zero-order valence-electron chi connectivity index (χ0n) is 48.5. The van der Waals surface area contributed by atoms with Crippen LogP contribution in [0.1, 0.15) is 160 Å². The lowest BCUT2D eigenvalue weighted by Crippen LogP contribution is -2.62. The third-order valence-corrected chi connectivity index (χ3v) is 19.8. The van der Waals surface area contributed by atoms with Gasteiger partial charge in [-0.1, -0.05) is 180 Å². The topological polar surface area (TPSA) is 9.72 Å². The van der Waals surface area contributed by atoms with Crippen molar-refractivity contribution in [2.24, 2.45) is 0 Å². The largest absolute Gasteiger partial charge is 0.311 e. The highest BCUT2D eigenvalue weighted by molar-refractivity contribution is 7.00. The van der Waals surface area contributed by atoms with Crippen LogP contribution in [0.25, 0.3) is 11.1 Å². The lowest BCUT2D eigenvalue weighted by molar-refractivity contribution is 0.331. The van der Waals surface area contributed by atoms with E-state index in [1.165, 1.54) is 113 Å². The average molecular weight is 1010 g/mol. The van der Waals surface area contributed by atoms with E-state index in [-0.39, 0.29) is 39.2 Å². The lowest BCUT2D eigenvalue weighted by atomic mass is 9.33. The second-order valence-electron chi connectivity index (χ2n) is 27.9. The number of para-hydroxylation sites is 2. The molecule has 2 heterocycles. The summed E-state index contributed by atoms with van der Waals surface area (Å²) in [4.78, 5) is 7.97. The van der Waals surface area contributed by atoms with Gasteiger partial charge in [0.15, 0.2) is 0 Å². The number of benzene rings is 8. The SMILES string of the molecule is Cc1cc2c(cc1N1c3cc4c(cc3B3c5ccc(-c6ccccc6)cc5N(c5ccc6c(c5C)C(C)(C)CC6(C)C)c5cc(N(c6ccccc6)c6ccccc6)cc1c53)C(C)(C)CCC4(C)C)C(C)(C)CCC2(C)C. The van der Waals surface area contributed by atoms with Crippen LogP contribution in [0.15, 0.2) is 158 Å². The molecule has 5 aliphatic rings. The van der Waals surface area contributed by atoms with Crippen LogP contribution < -0.4 is 31.1 Å². The first-order valence-electron chi connectivity index (χ1n) is 28.8. The summed E-state index contributed by atoms with van der Waals surface area (Å²) in [5.41, 5.74) is 29.4. The maximum Gasteiger partial charge on any atom is 0.252 e. The standard InChI is InChI=1S/C73H78BN3/c1-46-38-54-56(70(7,8)36-34-68(54,3)4)43-61(46)77-63-44-57-55(69(5,6)35-37-71(57,9)10)42-59(63)74-58-32-30-49(48-24-18-15-19-25-48)39-62(58)76(60-33-31-53-66(47(60)2)73(13,14)45-72(53,11)12)64-40-52(41-65(77)67(64)74)75(50-26-20-16-21-27-50)51-28-22-17-23-29-51/h15-33,38-44H,34-37,45H2,1-14H3. The Bertz CT molecular complexity index is 3670. The number of nitrogens with zero attached hydrogens (tertiary/aromatic N) is 3. The summed E-state index contributed by atoms with van der Waals surface area (Å²) in [6.45, 7) is 34.6. The number of hydrogen-bond acceptors (Lipinski definition) is 3. The molecule has 3 nitrogen and oxygen atoms in total. The van der Waals surface area contributed by atoms with Crippen LogP contribution >= 0.6 is 0 Å². The fourth-order valence-electron chi connectivity index (χ4n) is 15.7. The highest BCUT2D eigenvalue weighted by Gasteiger charge is 2.49. The molecular weight excluding hydrogens is 930 g/mol. The third kappa shape index (κ3) is 7.57. The normalized spacial score (nSPS) is 19.1. The number of rotatable bonds is 6. The molecule has 77 heavy (non-hydrogen) atoms. The quantitative estimate of drug-likeness (QED) is 0.154. The van der Waals surface area contributed by atoms with Crippen LogP contribution in [-0.2, 0) is 32.5 Å². The van der Waals surface area contributed by atoms with Crippen molar-refractivity contribution in [3.8, 4) is 11.1 Å². The van der Waals surface area contributed by atoms with Gasteiger partial charge in [0.05, 0.1) is 5.69 Å². The average Bonchev–Trinajstić information content (AvgIpc) is 3.59. The summed E-state index contributed by atoms with van der Waals surface area (Å²) >= 11 is 0. The molecule has 8 aromatic rings. The molecule has 8 aromatic carbocycles. The second-order valence-corrected chi connectivity index (χ2v) is 27.9. The molecule has 0 N–H and O–H groups in total. The number of hydrogen-bond donors (Lipinski definition) is 0. The number of fused-ring (bicyclic) bond motifs is 7. The van der Waals surface area contributed by atoms with Gasteiger partial charge in [0.2, 0.25) is 0 Å². The van der Waals surface area contributed by atoms with Gasteiger partial charge in [-0.25, -0.2) is 0 Å². The maximum absolute atomic E-state index is 2.76. The first kappa shape index (κ1) is 49.8. The summed E-state index contributed by atoms with van der Waals surface area (Å²) in [7, 11) is 0. The van der Waals surface area contributed by atoms with E-state index in [2.05, 4.69) is 269 Å². The van der Waals surface area contributed by atoms with Crippen molar-refractivity contribution >= 4 is 74.3 Å². The monoisotopic (exact) mass is 1010 g/mol. The van der Waals surface area contributed by atoms with Crippen molar-refractivity contribution in [2.75, 3.05) is 14.7 Å². The Labute approximate surface area is 461 Å². The minimum atomic E-state index is -0.0390. The van der Waals surface area contributed by atoms with Gasteiger partial charge in [-0.2, -0.15) is 0 Å². The number of anilines is 9. The van der Waals surface area contributed by atoms with Gasteiger partial charge < -0.3 is 14.7 Å². The van der Waals surface area contributed by atoms with E-state index < -0.39 is 0 Å². The van der Waals surface area contributed by atoms with Crippen molar-refractivity contribution in [3.63, 3.8) is 0 Å². The molecule has 0 bridgehead atoms. The highest BCUT2D eigenvalue weighted by Crippen LogP contribution is 2.57. The van der Waals surface area contributed by atoms with Crippen LogP contribution in [0.5, 0.6) is 0 Å². The van der Waals surface area contributed by atoms with E-state index in [4.69, 9.17) is 0 Å². The van der Waals surface area contributed by atoms with Crippen molar-refractivity contribution in [3.05, 3.63) is 202 Å². The van der Waals surface area contributed by atoms with Gasteiger partial charge in [0, 0.05) is 45.5 Å². The fourth-order valence-corrected chi connectivity index (χ4v) is 15.7. The molecule has 13 rings (SSSR count). The molecule has 0 amide bonds. The van der Waals surface area contributed by atoms with E-state index in [0.717, 1.165) is 42.7 Å². The molecule has 0 spiro atoms. The predicted octanol–water partition coefficient (Wildman–Crippen LogP) is 18.2. The zero-order chi connectivity index (χ0) is 53.9. The second kappa shape index (κ2) is 16.9. The molecule has 0 saturated carbocycles. The zero-order valence-corrected chi connectivity index (χ0v) is 48.5. The summed E-state index contributed by atoms with van der Waals surface area (Å²) in [6, 6.07) is 61.3. The van der Waals surface area contributed by atoms with Crippen LogP contribution in [0.2, 0.25) is 0 Å². The first-order chi connectivity index (χ1) is 36.5. The molecular formula is C73H78BN3. The van der Waals surface area contributed by atoms with Crippen molar-refractivity contribution in [2.45, 2.75) is 162 Å². The molecule has 0 aromatic heterocycles. The predicted molar refractivity (Wildman–Crippen MR) is 331 cm³/mol. The molecule has 0 radical (unpaired) electrons. The van der Waals surface area contributed by atoms with Crippen LogP contribution in [-0.4, -0.2) is 6.71 Å². The Morgan fingerprint density at radius 3 is 1.40 bits per heavy atom. The Morgan fingerprint density at radius 1 is 0.364 bits per heavy atom. The van der Waals surface area contributed by atoms with Gasteiger partial charge in [0.25, 0.3) is 6.71 Å². The van der Waals surface area contributed by atoms with Crippen molar-refractivity contribution < 1.29 is 0 Å². The summed E-state index contributed by atoms with van der Waals surface area (Å²) in [5, 5.41) is 0. The molecule has 0 fully saturated rings. The molecule has 3 aliphatic carbocycles. The van der Waals surface area contributed by atoms with Crippen molar-refractivity contribution in [1.82, 2.24) is 0 Å². The minimum Gasteiger partial charge on any atom is -0.311 e. The molecule has 0 saturated heterocycles. The smallest absolute Gasteiger partial charge is 0.252 e. The molecule has 2 aliphatic heterocycles.